The number of ether oxygens (including phenoxy) is 1. The van der Waals surface area contributed by atoms with Crippen molar-refractivity contribution in [3.63, 3.8) is 0 Å². The molecule has 0 heterocycles. The number of carbonyl (C=O) groups is 3. The van der Waals surface area contributed by atoms with Crippen LogP contribution in [0.1, 0.15) is 20.7 Å². The summed E-state index contributed by atoms with van der Waals surface area (Å²) < 4.78 is 4.74. The van der Waals surface area contributed by atoms with E-state index in [4.69, 9.17) is 16.3 Å². The molecule has 0 radical (unpaired) electrons. The second kappa shape index (κ2) is 7.42. The maximum absolute atomic E-state index is 11.8. The summed E-state index contributed by atoms with van der Waals surface area (Å²) in [6, 6.07) is 12.0. The Hall–Kier alpha value is -2.86. The summed E-state index contributed by atoms with van der Waals surface area (Å²) in [6.07, 6.45) is 0. The van der Waals surface area contributed by atoms with Crippen LogP contribution >= 0.6 is 11.6 Å². The van der Waals surface area contributed by atoms with E-state index in [9.17, 15) is 19.5 Å². The standard InChI is InChI=1S/C16H12ClNO5/c17-11-6-7-13(19)12(8-11)16(22)23-9-14(20)18-15(21)10-4-2-1-3-5-10/h1-8,19H,9H2,(H,18,20,21). The first-order valence-corrected chi connectivity index (χ1v) is 6.90. The van der Waals surface area contributed by atoms with Gasteiger partial charge in [-0.05, 0) is 30.3 Å². The number of hydrogen-bond acceptors (Lipinski definition) is 5. The Morgan fingerprint density at radius 2 is 1.78 bits per heavy atom. The number of phenolic OH excluding ortho intramolecular Hbond substituents is 1. The van der Waals surface area contributed by atoms with Gasteiger partial charge in [0.25, 0.3) is 11.8 Å². The summed E-state index contributed by atoms with van der Waals surface area (Å²) in [7, 11) is 0. The maximum Gasteiger partial charge on any atom is 0.342 e. The Morgan fingerprint density at radius 3 is 2.48 bits per heavy atom. The number of hydrogen-bond donors (Lipinski definition) is 2. The summed E-state index contributed by atoms with van der Waals surface area (Å²) in [6.45, 7) is -0.663. The third kappa shape index (κ3) is 4.55. The van der Waals surface area contributed by atoms with Crippen LogP contribution < -0.4 is 5.32 Å². The lowest BCUT2D eigenvalue weighted by molar-refractivity contribution is -0.123. The van der Waals surface area contributed by atoms with Gasteiger partial charge in [0.15, 0.2) is 6.61 Å². The van der Waals surface area contributed by atoms with Crippen LogP contribution in [-0.2, 0) is 9.53 Å². The third-order valence-corrected chi connectivity index (χ3v) is 3.04. The van der Waals surface area contributed by atoms with Crippen molar-refractivity contribution in [1.29, 1.82) is 0 Å². The average molecular weight is 334 g/mol. The molecule has 2 aromatic rings. The van der Waals surface area contributed by atoms with E-state index in [1.54, 1.807) is 30.3 Å². The van der Waals surface area contributed by atoms with E-state index in [1.807, 2.05) is 0 Å². The molecule has 0 aliphatic heterocycles. The molecule has 0 aliphatic carbocycles. The Bertz CT molecular complexity index is 745. The van der Waals surface area contributed by atoms with Gasteiger partial charge in [-0.3, -0.25) is 14.9 Å². The number of imide groups is 1. The predicted molar refractivity (Wildman–Crippen MR) is 82.3 cm³/mol. The number of carbonyl (C=O) groups excluding carboxylic acids is 3. The van der Waals surface area contributed by atoms with Gasteiger partial charge in [-0.25, -0.2) is 4.79 Å². The van der Waals surface area contributed by atoms with E-state index >= 15 is 0 Å². The second-order valence-corrected chi connectivity index (χ2v) is 4.92. The molecule has 0 aromatic heterocycles. The number of nitrogens with one attached hydrogen (secondary N) is 1. The molecule has 2 rings (SSSR count). The molecule has 6 nitrogen and oxygen atoms in total. The number of amides is 2. The fraction of sp³-hybridized carbons (Fsp3) is 0.0625. The lowest BCUT2D eigenvalue weighted by Gasteiger charge is -2.07. The zero-order valence-electron chi connectivity index (χ0n) is 11.8. The highest BCUT2D eigenvalue weighted by atomic mass is 35.5. The SMILES string of the molecule is O=C(COC(=O)c1cc(Cl)ccc1O)NC(=O)c1ccccc1. The smallest absolute Gasteiger partial charge is 0.342 e. The summed E-state index contributed by atoms with van der Waals surface area (Å²) >= 11 is 5.72. The molecule has 0 bridgehead atoms. The van der Waals surface area contributed by atoms with E-state index in [2.05, 4.69) is 5.32 Å². The number of rotatable bonds is 4. The van der Waals surface area contributed by atoms with Gasteiger partial charge < -0.3 is 9.84 Å². The van der Waals surface area contributed by atoms with Crippen LogP contribution in [0, 0.1) is 0 Å². The van der Waals surface area contributed by atoms with E-state index < -0.39 is 24.4 Å². The third-order valence-electron chi connectivity index (χ3n) is 2.80. The van der Waals surface area contributed by atoms with Crippen molar-refractivity contribution in [2.24, 2.45) is 0 Å². The van der Waals surface area contributed by atoms with Gasteiger partial charge in [0, 0.05) is 10.6 Å². The lowest BCUT2D eigenvalue weighted by Crippen LogP contribution is -2.34. The van der Waals surface area contributed by atoms with Crippen molar-refractivity contribution < 1.29 is 24.2 Å². The van der Waals surface area contributed by atoms with Gasteiger partial charge in [-0.1, -0.05) is 29.8 Å². The molecule has 0 unspecified atom stereocenters. The highest BCUT2D eigenvalue weighted by molar-refractivity contribution is 6.31. The quantitative estimate of drug-likeness (QED) is 0.836. The molecule has 2 amide bonds. The van der Waals surface area contributed by atoms with Crippen molar-refractivity contribution in [3.8, 4) is 5.75 Å². The number of esters is 1. The minimum absolute atomic E-state index is 0.167. The summed E-state index contributed by atoms with van der Waals surface area (Å²) in [5.74, 6) is -2.63. The van der Waals surface area contributed by atoms with Crippen LogP contribution in [0.4, 0.5) is 0 Å². The van der Waals surface area contributed by atoms with Gasteiger partial charge in [0.05, 0.1) is 0 Å². The van der Waals surface area contributed by atoms with Gasteiger partial charge in [-0.2, -0.15) is 0 Å². The van der Waals surface area contributed by atoms with Gasteiger partial charge in [0.1, 0.15) is 11.3 Å². The van der Waals surface area contributed by atoms with E-state index in [0.29, 0.717) is 5.56 Å². The maximum atomic E-state index is 11.8. The van der Waals surface area contributed by atoms with Crippen LogP contribution in [0.5, 0.6) is 5.75 Å². The Morgan fingerprint density at radius 1 is 1.09 bits per heavy atom. The molecule has 2 aromatic carbocycles. The molecule has 0 spiro atoms. The van der Waals surface area contributed by atoms with Crippen molar-refractivity contribution >= 4 is 29.4 Å². The first kappa shape index (κ1) is 16.5. The van der Waals surface area contributed by atoms with E-state index in [0.717, 1.165) is 0 Å². The van der Waals surface area contributed by atoms with Crippen LogP contribution in [0.2, 0.25) is 5.02 Å². The van der Waals surface area contributed by atoms with Crippen molar-refractivity contribution in [3.05, 3.63) is 64.7 Å². The number of aromatic hydroxyl groups is 1. The minimum Gasteiger partial charge on any atom is -0.507 e. The van der Waals surface area contributed by atoms with Crippen molar-refractivity contribution in [1.82, 2.24) is 5.32 Å². The Labute approximate surface area is 136 Å². The molecular weight excluding hydrogens is 322 g/mol. The molecule has 7 heteroatoms. The Kier molecular flexibility index (Phi) is 5.32. The van der Waals surface area contributed by atoms with E-state index in [1.165, 1.54) is 18.2 Å². The van der Waals surface area contributed by atoms with Crippen LogP contribution in [-0.4, -0.2) is 29.5 Å². The minimum atomic E-state index is -0.924. The first-order valence-electron chi connectivity index (χ1n) is 6.52. The molecule has 0 aliphatic rings. The molecule has 2 N–H and O–H groups in total. The number of benzene rings is 2. The van der Waals surface area contributed by atoms with Gasteiger partial charge >= 0.3 is 5.97 Å². The predicted octanol–water partition coefficient (Wildman–Crippen LogP) is 2.16. The van der Waals surface area contributed by atoms with Crippen molar-refractivity contribution in [2.45, 2.75) is 0 Å². The molecule has 23 heavy (non-hydrogen) atoms. The Balaban J connectivity index is 1.90. The normalized spacial score (nSPS) is 9.96. The zero-order chi connectivity index (χ0) is 16.8. The number of halogens is 1. The van der Waals surface area contributed by atoms with Crippen LogP contribution in [0.3, 0.4) is 0 Å². The lowest BCUT2D eigenvalue weighted by atomic mass is 10.2. The van der Waals surface area contributed by atoms with E-state index in [-0.39, 0.29) is 16.3 Å². The topological polar surface area (TPSA) is 92.7 Å². The second-order valence-electron chi connectivity index (χ2n) is 4.48. The van der Waals surface area contributed by atoms with Crippen LogP contribution in [0.25, 0.3) is 0 Å². The summed E-state index contributed by atoms with van der Waals surface area (Å²) in [5.41, 5.74) is 0.138. The first-order chi connectivity index (χ1) is 11.0. The van der Waals surface area contributed by atoms with Gasteiger partial charge in [0.2, 0.25) is 0 Å². The monoisotopic (exact) mass is 333 g/mol. The molecule has 118 valence electrons. The zero-order valence-corrected chi connectivity index (χ0v) is 12.5. The summed E-state index contributed by atoms with van der Waals surface area (Å²) in [4.78, 5) is 35.1. The molecule has 0 saturated heterocycles. The fourth-order valence-electron chi connectivity index (χ4n) is 1.71. The largest absolute Gasteiger partial charge is 0.507 e. The molecule has 0 fully saturated rings. The molecule has 0 saturated carbocycles. The van der Waals surface area contributed by atoms with Crippen molar-refractivity contribution in [2.75, 3.05) is 6.61 Å². The highest BCUT2D eigenvalue weighted by Crippen LogP contribution is 2.22. The molecule has 0 atom stereocenters. The van der Waals surface area contributed by atoms with Crippen LogP contribution in [0.15, 0.2) is 48.5 Å². The fourth-order valence-corrected chi connectivity index (χ4v) is 1.88. The molecular formula is C16H12ClNO5. The van der Waals surface area contributed by atoms with Gasteiger partial charge in [-0.15, -0.1) is 0 Å². The average Bonchev–Trinajstić information content (AvgIpc) is 2.55. The number of phenols is 1. The summed E-state index contributed by atoms with van der Waals surface area (Å²) in [5, 5.41) is 11.9. The highest BCUT2D eigenvalue weighted by Gasteiger charge is 2.16.